The highest BCUT2D eigenvalue weighted by atomic mass is 32.2. The Hall–Kier alpha value is -0.920. The second-order valence-corrected chi connectivity index (χ2v) is 7.71. The Morgan fingerprint density at radius 2 is 2.25 bits per heavy atom. The molecule has 0 bridgehead atoms. The van der Waals surface area contributed by atoms with Crippen molar-refractivity contribution >= 4 is 32.9 Å². The van der Waals surface area contributed by atoms with Gasteiger partial charge in [0.25, 0.3) is 0 Å². The molecule has 1 aliphatic rings. The van der Waals surface area contributed by atoms with Crippen molar-refractivity contribution in [3.8, 4) is 0 Å². The van der Waals surface area contributed by atoms with Gasteiger partial charge in [0.2, 0.25) is 0 Å². The summed E-state index contributed by atoms with van der Waals surface area (Å²) in [6, 6.07) is 0.160. The van der Waals surface area contributed by atoms with Gasteiger partial charge in [-0.05, 0) is 6.42 Å². The van der Waals surface area contributed by atoms with Gasteiger partial charge in [-0.15, -0.1) is 11.3 Å². The van der Waals surface area contributed by atoms with E-state index in [1.807, 2.05) is 0 Å². The summed E-state index contributed by atoms with van der Waals surface area (Å²) in [5.41, 5.74) is 7.34. The van der Waals surface area contributed by atoms with Gasteiger partial charge in [0.05, 0.1) is 5.69 Å². The normalized spacial score (nSPS) is 18.8. The van der Waals surface area contributed by atoms with Crippen LogP contribution in [0.2, 0.25) is 0 Å². The van der Waals surface area contributed by atoms with Gasteiger partial charge < -0.3 is 10.6 Å². The standard InChI is InChI=1S/C13H20N4OS2/c1-2-10(14)9-11-12(15-13-17(11)3-6-19-13)16-4-7-20(18)8-5-16/h3,6,10H,2,4-5,7-9,14H2,1H3. The molecule has 20 heavy (non-hydrogen) atoms. The first-order valence-electron chi connectivity index (χ1n) is 6.99. The Kier molecular flexibility index (Phi) is 4.09. The predicted molar refractivity (Wildman–Crippen MR) is 85.1 cm³/mol. The molecule has 0 saturated carbocycles. The van der Waals surface area contributed by atoms with E-state index in [1.54, 1.807) is 11.3 Å². The molecule has 0 aromatic carbocycles. The van der Waals surface area contributed by atoms with Gasteiger partial charge in [-0.3, -0.25) is 8.61 Å². The van der Waals surface area contributed by atoms with Crippen molar-refractivity contribution in [3.05, 3.63) is 17.3 Å². The van der Waals surface area contributed by atoms with Crippen LogP contribution in [0.3, 0.4) is 0 Å². The van der Waals surface area contributed by atoms with Gasteiger partial charge in [0, 0.05) is 59.4 Å². The quantitative estimate of drug-likeness (QED) is 0.923. The molecule has 1 saturated heterocycles. The van der Waals surface area contributed by atoms with Gasteiger partial charge >= 0.3 is 0 Å². The first-order valence-corrected chi connectivity index (χ1v) is 9.35. The molecule has 7 heteroatoms. The fourth-order valence-corrected chi connectivity index (χ4v) is 4.29. The number of imidazole rings is 1. The van der Waals surface area contributed by atoms with Crippen LogP contribution < -0.4 is 10.6 Å². The molecule has 1 aliphatic heterocycles. The number of hydrogen-bond donors (Lipinski definition) is 1. The summed E-state index contributed by atoms with van der Waals surface area (Å²) in [5.74, 6) is 2.52. The maximum atomic E-state index is 11.5. The van der Waals surface area contributed by atoms with Gasteiger partial charge in [0.15, 0.2) is 10.8 Å². The second kappa shape index (κ2) is 5.83. The number of rotatable bonds is 4. The number of thiazole rings is 1. The van der Waals surface area contributed by atoms with Crippen LogP contribution in [0.1, 0.15) is 19.0 Å². The lowest BCUT2D eigenvalue weighted by atomic mass is 10.1. The van der Waals surface area contributed by atoms with E-state index in [9.17, 15) is 4.21 Å². The Labute approximate surface area is 125 Å². The van der Waals surface area contributed by atoms with E-state index >= 15 is 0 Å². The average Bonchev–Trinajstić information content (AvgIpc) is 3.02. The summed E-state index contributed by atoms with van der Waals surface area (Å²) < 4.78 is 13.7. The van der Waals surface area contributed by atoms with Crippen LogP contribution in [0.5, 0.6) is 0 Å². The molecular weight excluding hydrogens is 292 g/mol. The summed E-state index contributed by atoms with van der Waals surface area (Å²) >= 11 is 1.65. The van der Waals surface area contributed by atoms with Crippen LogP contribution in [-0.2, 0) is 17.2 Å². The highest BCUT2D eigenvalue weighted by Crippen LogP contribution is 2.26. The Balaban J connectivity index is 1.94. The number of hydrogen-bond acceptors (Lipinski definition) is 5. The molecule has 1 atom stereocenters. The summed E-state index contributed by atoms with van der Waals surface area (Å²) in [5, 5.41) is 2.05. The molecule has 0 aliphatic carbocycles. The van der Waals surface area contributed by atoms with Gasteiger partial charge in [-0.2, -0.15) is 0 Å². The molecular formula is C13H20N4OS2. The monoisotopic (exact) mass is 312 g/mol. The highest BCUT2D eigenvalue weighted by Gasteiger charge is 2.23. The molecule has 2 N–H and O–H groups in total. The highest BCUT2D eigenvalue weighted by molar-refractivity contribution is 7.85. The van der Waals surface area contributed by atoms with E-state index < -0.39 is 10.8 Å². The van der Waals surface area contributed by atoms with Crippen LogP contribution in [0.4, 0.5) is 5.82 Å². The molecule has 2 aromatic rings. The lowest BCUT2D eigenvalue weighted by molar-refractivity contribution is 0.631. The SMILES string of the molecule is CCC(N)Cc1c(N2CCS(=O)CC2)nc2sccn12. The van der Waals surface area contributed by atoms with Crippen molar-refractivity contribution in [2.24, 2.45) is 5.73 Å². The molecule has 0 spiro atoms. The minimum atomic E-state index is -0.660. The Bertz CT molecular complexity index is 611. The van der Waals surface area contributed by atoms with Gasteiger partial charge in [-0.1, -0.05) is 6.92 Å². The predicted octanol–water partition coefficient (Wildman–Crippen LogP) is 1.24. The Morgan fingerprint density at radius 1 is 1.50 bits per heavy atom. The van der Waals surface area contributed by atoms with Crippen LogP contribution >= 0.6 is 11.3 Å². The zero-order valence-electron chi connectivity index (χ0n) is 11.6. The third-order valence-corrected chi connectivity index (χ3v) is 5.83. The Morgan fingerprint density at radius 3 is 2.95 bits per heavy atom. The molecule has 3 rings (SSSR count). The minimum Gasteiger partial charge on any atom is -0.353 e. The van der Waals surface area contributed by atoms with E-state index in [0.29, 0.717) is 0 Å². The molecule has 110 valence electrons. The summed E-state index contributed by atoms with van der Waals surface area (Å²) in [4.78, 5) is 8.04. The summed E-state index contributed by atoms with van der Waals surface area (Å²) in [6.45, 7) is 3.76. The van der Waals surface area contributed by atoms with Gasteiger partial charge in [-0.25, -0.2) is 4.98 Å². The lowest BCUT2D eigenvalue weighted by Crippen LogP contribution is -2.38. The van der Waals surface area contributed by atoms with E-state index in [2.05, 4.69) is 27.8 Å². The van der Waals surface area contributed by atoms with Crippen molar-refractivity contribution in [1.29, 1.82) is 0 Å². The molecule has 0 amide bonds. The van der Waals surface area contributed by atoms with Crippen LogP contribution in [0.25, 0.3) is 4.96 Å². The molecule has 1 fully saturated rings. The number of fused-ring (bicyclic) bond motifs is 1. The average molecular weight is 312 g/mol. The van der Waals surface area contributed by atoms with Crippen molar-refractivity contribution in [3.63, 3.8) is 0 Å². The number of nitrogens with two attached hydrogens (primary N) is 1. The number of aromatic nitrogens is 2. The fraction of sp³-hybridized carbons (Fsp3) is 0.615. The first kappa shape index (κ1) is 14.0. The molecule has 5 nitrogen and oxygen atoms in total. The zero-order valence-corrected chi connectivity index (χ0v) is 13.3. The van der Waals surface area contributed by atoms with Gasteiger partial charge in [0.1, 0.15) is 0 Å². The zero-order chi connectivity index (χ0) is 14.1. The van der Waals surface area contributed by atoms with E-state index in [1.165, 1.54) is 5.69 Å². The summed E-state index contributed by atoms with van der Waals surface area (Å²) in [6.07, 6.45) is 3.86. The number of anilines is 1. The van der Waals surface area contributed by atoms with E-state index in [4.69, 9.17) is 10.7 Å². The third kappa shape index (κ3) is 2.62. The molecule has 1 unspecified atom stereocenters. The number of nitrogens with zero attached hydrogens (tertiary/aromatic N) is 3. The largest absolute Gasteiger partial charge is 0.353 e. The van der Waals surface area contributed by atoms with Crippen molar-refractivity contribution in [2.45, 2.75) is 25.8 Å². The first-order chi connectivity index (χ1) is 9.69. The lowest BCUT2D eigenvalue weighted by Gasteiger charge is -2.27. The molecule has 2 aromatic heterocycles. The second-order valence-electron chi connectivity index (χ2n) is 5.15. The van der Waals surface area contributed by atoms with Crippen molar-refractivity contribution in [2.75, 3.05) is 29.5 Å². The topological polar surface area (TPSA) is 63.6 Å². The van der Waals surface area contributed by atoms with Crippen molar-refractivity contribution in [1.82, 2.24) is 9.38 Å². The van der Waals surface area contributed by atoms with E-state index in [-0.39, 0.29) is 6.04 Å². The fourth-order valence-electron chi connectivity index (χ4n) is 2.51. The maximum absolute atomic E-state index is 11.5. The third-order valence-electron chi connectivity index (χ3n) is 3.80. The maximum Gasteiger partial charge on any atom is 0.195 e. The van der Waals surface area contributed by atoms with Crippen LogP contribution in [0, 0.1) is 0 Å². The van der Waals surface area contributed by atoms with Crippen LogP contribution in [-0.4, -0.2) is 44.2 Å². The smallest absolute Gasteiger partial charge is 0.195 e. The minimum absolute atomic E-state index is 0.160. The van der Waals surface area contributed by atoms with Crippen molar-refractivity contribution < 1.29 is 4.21 Å². The van der Waals surface area contributed by atoms with E-state index in [0.717, 1.165) is 48.2 Å². The van der Waals surface area contributed by atoms with Crippen LogP contribution in [0.15, 0.2) is 11.6 Å². The molecule has 3 heterocycles. The summed E-state index contributed by atoms with van der Waals surface area (Å²) in [7, 11) is -0.660. The molecule has 0 radical (unpaired) electrons.